The fourth-order valence-electron chi connectivity index (χ4n) is 1.77. The number of hydrogen-bond acceptors (Lipinski definition) is 2. The van der Waals surface area contributed by atoms with Gasteiger partial charge in [-0.3, -0.25) is 4.90 Å². The summed E-state index contributed by atoms with van der Waals surface area (Å²) in [6, 6.07) is 9.02. The first-order chi connectivity index (χ1) is 7.67. The van der Waals surface area contributed by atoms with Crippen LogP contribution in [-0.4, -0.2) is 18.0 Å². The van der Waals surface area contributed by atoms with E-state index in [9.17, 15) is 4.39 Å². The van der Waals surface area contributed by atoms with Gasteiger partial charge in [0, 0.05) is 12.6 Å². The molecule has 1 rings (SSSR count). The Balaban J connectivity index is 2.63. The maximum atomic E-state index is 13.0. The van der Waals surface area contributed by atoms with Crippen molar-refractivity contribution in [3.8, 4) is 6.07 Å². The van der Waals surface area contributed by atoms with Crippen molar-refractivity contribution in [2.45, 2.75) is 32.4 Å². The molecule has 1 unspecified atom stereocenters. The first-order valence-corrected chi connectivity index (χ1v) is 5.49. The number of nitrogens with zero attached hydrogens (tertiary/aromatic N) is 2. The highest BCUT2D eigenvalue weighted by Crippen LogP contribution is 2.12. The summed E-state index contributed by atoms with van der Waals surface area (Å²) >= 11 is 0. The molecule has 1 atom stereocenters. The fraction of sp³-hybridized carbons (Fsp3) is 0.462. The van der Waals surface area contributed by atoms with Crippen LogP contribution in [0.3, 0.4) is 0 Å². The number of halogens is 1. The molecule has 0 heterocycles. The largest absolute Gasteiger partial charge is 0.298 e. The summed E-state index contributed by atoms with van der Waals surface area (Å²) in [4.78, 5) is 2.10. The lowest BCUT2D eigenvalue weighted by Crippen LogP contribution is -2.30. The Kier molecular flexibility index (Phi) is 4.94. The third-order valence-corrected chi connectivity index (χ3v) is 2.74. The molecule has 0 aliphatic rings. The van der Waals surface area contributed by atoms with Gasteiger partial charge in [0.25, 0.3) is 0 Å². The van der Waals surface area contributed by atoms with Crippen molar-refractivity contribution in [1.82, 2.24) is 4.90 Å². The Morgan fingerprint density at radius 3 is 2.81 bits per heavy atom. The predicted octanol–water partition coefficient (Wildman–Crippen LogP) is 2.95. The molecule has 0 aliphatic carbocycles. The first kappa shape index (κ1) is 12.7. The fourth-order valence-corrected chi connectivity index (χ4v) is 1.77. The van der Waals surface area contributed by atoms with Crippen LogP contribution in [0.2, 0.25) is 0 Å². The van der Waals surface area contributed by atoms with E-state index < -0.39 is 0 Å². The topological polar surface area (TPSA) is 27.0 Å². The van der Waals surface area contributed by atoms with Gasteiger partial charge in [0.05, 0.1) is 12.5 Å². The Bertz CT molecular complexity index is 370. The third-order valence-electron chi connectivity index (χ3n) is 2.74. The van der Waals surface area contributed by atoms with Crippen LogP contribution in [0.25, 0.3) is 0 Å². The molecule has 16 heavy (non-hydrogen) atoms. The summed E-state index contributed by atoms with van der Waals surface area (Å²) in [6.45, 7) is 2.74. The van der Waals surface area contributed by atoms with Gasteiger partial charge in [-0.1, -0.05) is 19.1 Å². The maximum Gasteiger partial charge on any atom is 0.123 e. The summed E-state index contributed by atoms with van der Waals surface area (Å²) in [6.07, 6.45) is 1.45. The summed E-state index contributed by atoms with van der Waals surface area (Å²) in [5.74, 6) is -0.209. The smallest absolute Gasteiger partial charge is 0.123 e. The SMILES string of the molecule is CCC(CC#N)N(C)Cc1cccc(F)c1. The molecular formula is C13H17FN2. The van der Waals surface area contributed by atoms with E-state index in [1.807, 2.05) is 13.1 Å². The quantitative estimate of drug-likeness (QED) is 0.762. The molecule has 0 N–H and O–H groups in total. The number of rotatable bonds is 5. The molecule has 0 bridgehead atoms. The highest BCUT2D eigenvalue weighted by molar-refractivity contribution is 5.16. The number of hydrogen-bond donors (Lipinski definition) is 0. The molecular weight excluding hydrogens is 203 g/mol. The molecule has 1 aromatic rings. The van der Waals surface area contributed by atoms with Gasteiger partial charge in [-0.05, 0) is 31.2 Å². The van der Waals surface area contributed by atoms with Crippen molar-refractivity contribution >= 4 is 0 Å². The molecule has 2 nitrogen and oxygen atoms in total. The van der Waals surface area contributed by atoms with E-state index in [1.54, 1.807) is 6.07 Å². The zero-order valence-corrected chi connectivity index (χ0v) is 9.78. The normalized spacial score (nSPS) is 12.4. The van der Waals surface area contributed by atoms with Gasteiger partial charge in [0.1, 0.15) is 5.82 Å². The monoisotopic (exact) mass is 220 g/mol. The van der Waals surface area contributed by atoms with E-state index in [2.05, 4.69) is 17.9 Å². The van der Waals surface area contributed by atoms with E-state index in [-0.39, 0.29) is 11.9 Å². The van der Waals surface area contributed by atoms with Crippen molar-refractivity contribution in [1.29, 1.82) is 5.26 Å². The van der Waals surface area contributed by atoms with Crippen molar-refractivity contribution in [3.05, 3.63) is 35.6 Å². The van der Waals surface area contributed by atoms with Crippen LogP contribution in [-0.2, 0) is 6.54 Å². The van der Waals surface area contributed by atoms with Crippen LogP contribution in [0.1, 0.15) is 25.3 Å². The molecule has 3 heteroatoms. The minimum Gasteiger partial charge on any atom is -0.298 e. The van der Waals surface area contributed by atoms with Gasteiger partial charge in [-0.2, -0.15) is 5.26 Å². The van der Waals surface area contributed by atoms with Gasteiger partial charge < -0.3 is 0 Å². The lowest BCUT2D eigenvalue weighted by Gasteiger charge is -2.25. The van der Waals surface area contributed by atoms with E-state index >= 15 is 0 Å². The molecule has 1 aromatic carbocycles. The maximum absolute atomic E-state index is 13.0. The number of nitriles is 1. The van der Waals surface area contributed by atoms with Gasteiger partial charge in [0.2, 0.25) is 0 Å². The Hall–Kier alpha value is -1.40. The number of benzene rings is 1. The molecule has 0 spiro atoms. The average Bonchev–Trinajstić information content (AvgIpc) is 2.25. The van der Waals surface area contributed by atoms with Gasteiger partial charge in [0.15, 0.2) is 0 Å². The Morgan fingerprint density at radius 1 is 1.50 bits per heavy atom. The molecule has 0 amide bonds. The Morgan fingerprint density at radius 2 is 2.25 bits per heavy atom. The molecule has 0 saturated carbocycles. The second kappa shape index (κ2) is 6.24. The van der Waals surface area contributed by atoms with Crippen molar-refractivity contribution in [3.63, 3.8) is 0 Å². The highest BCUT2D eigenvalue weighted by Gasteiger charge is 2.12. The lowest BCUT2D eigenvalue weighted by molar-refractivity contribution is 0.230. The van der Waals surface area contributed by atoms with Crippen LogP contribution in [0.5, 0.6) is 0 Å². The van der Waals surface area contributed by atoms with E-state index in [0.29, 0.717) is 13.0 Å². The van der Waals surface area contributed by atoms with Gasteiger partial charge in [-0.25, -0.2) is 4.39 Å². The molecule has 0 radical (unpaired) electrons. The summed E-state index contributed by atoms with van der Waals surface area (Å²) < 4.78 is 13.0. The third kappa shape index (κ3) is 3.63. The second-order valence-corrected chi connectivity index (χ2v) is 3.97. The molecule has 0 fully saturated rings. The lowest BCUT2D eigenvalue weighted by atomic mass is 10.1. The average molecular weight is 220 g/mol. The minimum absolute atomic E-state index is 0.209. The summed E-state index contributed by atoms with van der Waals surface area (Å²) in [7, 11) is 1.97. The standard InChI is InChI=1S/C13H17FN2/c1-3-13(7-8-15)16(2)10-11-5-4-6-12(14)9-11/h4-6,9,13H,3,7,10H2,1-2H3. The summed E-state index contributed by atoms with van der Waals surface area (Å²) in [5, 5.41) is 8.69. The van der Waals surface area contributed by atoms with Crippen molar-refractivity contribution < 1.29 is 4.39 Å². The molecule has 86 valence electrons. The van der Waals surface area contributed by atoms with Crippen LogP contribution >= 0.6 is 0 Å². The van der Waals surface area contributed by atoms with Crippen LogP contribution in [0.15, 0.2) is 24.3 Å². The zero-order valence-electron chi connectivity index (χ0n) is 9.78. The van der Waals surface area contributed by atoms with Crippen LogP contribution in [0.4, 0.5) is 4.39 Å². The molecule has 0 aliphatic heterocycles. The van der Waals surface area contributed by atoms with E-state index in [0.717, 1.165) is 12.0 Å². The first-order valence-electron chi connectivity index (χ1n) is 5.49. The molecule has 0 saturated heterocycles. The minimum atomic E-state index is -0.209. The van der Waals surface area contributed by atoms with Gasteiger partial charge >= 0.3 is 0 Å². The summed E-state index contributed by atoms with van der Waals surface area (Å²) in [5.41, 5.74) is 0.943. The van der Waals surface area contributed by atoms with Crippen LogP contribution in [0, 0.1) is 17.1 Å². The van der Waals surface area contributed by atoms with E-state index in [1.165, 1.54) is 12.1 Å². The van der Waals surface area contributed by atoms with E-state index in [4.69, 9.17) is 5.26 Å². The van der Waals surface area contributed by atoms with Crippen molar-refractivity contribution in [2.24, 2.45) is 0 Å². The van der Waals surface area contributed by atoms with Crippen molar-refractivity contribution in [2.75, 3.05) is 7.05 Å². The Labute approximate surface area is 96.3 Å². The predicted molar refractivity (Wildman–Crippen MR) is 62.2 cm³/mol. The molecule has 0 aromatic heterocycles. The zero-order chi connectivity index (χ0) is 12.0. The van der Waals surface area contributed by atoms with Crippen LogP contribution < -0.4 is 0 Å². The van der Waals surface area contributed by atoms with Gasteiger partial charge in [-0.15, -0.1) is 0 Å². The second-order valence-electron chi connectivity index (χ2n) is 3.97. The highest BCUT2D eigenvalue weighted by atomic mass is 19.1.